The number of hydrogen-bond acceptors (Lipinski definition) is 4. The largest absolute Gasteiger partial charge is 0.351 e. The molecule has 3 atom stereocenters. The molecule has 2 aromatic rings. The van der Waals surface area contributed by atoms with Crippen LogP contribution in [0.15, 0.2) is 59.5 Å². The van der Waals surface area contributed by atoms with Gasteiger partial charge in [0.25, 0.3) is 5.91 Å². The summed E-state index contributed by atoms with van der Waals surface area (Å²) in [5, 5.41) is 6.26. The van der Waals surface area contributed by atoms with Gasteiger partial charge in [0.1, 0.15) is 0 Å². The zero-order valence-electron chi connectivity index (χ0n) is 22.1. The molecule has 37 heavy (non-hydrogen) atoms. The summed E-state index contributed by atoms with van der Waals surface area (Å²) in [6.45, 7) is 6.85. The Morgan fingerprint density at radius 3 is 2.08 bits per heavy atom. The van der Waals surface area contributed by atoms with Crippen molar-refractivity contribution in [3.8, 4) is 0 Å². The fraction of sp³-hybridized carbons (Fsp3) is 0.517. The maximum Gasteiger partial charge on any atom is 0.251 e. The number of hydrogen-bond donors (Lipinski definition) is 2. The molecule has 200 valence electrons. The summed E-state index contributed by atoms with van der Waals surface area (Å²) < 4.78 is 28.2. The molecule has 2 aliphatic rings. The standard InChI is InChI=1S/C29H39N3O4S/c1-29(2,3)23-15-17-24(18-16-23)37(35,36)32-19-9-12-22(20-32)28(34)31-26-14-8-7-13-25(26)30-27(33)21-10-5-4-6-11-21/h4-6,10-11,15-18,22,25-26H,7-9,12-14,19-20H2,1-3H3,(H,30,33)(H,31,34)/t22-,25+,26+/m0/s1. The number of sulfonamides is 1. The summed E-state index contributed by atoms with van der Waals surface area (Å²) in [6, 6.07) is 15.9. The van der Waals surface area contributed by atoms with Gasteiger partial charge in [-0.1, -0.05) is 63.9 Å². The number of nitrogens with zero attached hydrogens (tertiary/aromatic N) is 1. The first kappa shape index (κ1) is 27.3. The molecule has 1 heterocycles. The lowest BCUT2D eigenvalue weighted by Crippen LogP contribution is -2.55. The molecule has 1 saturated heterocycles. The van der Waals surface area contributed by atoms with Crippen LogP contribution in [0.2, 0.25) is 0 Å². The Kier molecular flexibility index (Phi) is 8.39. The number of benzene rings is 2. The smallest absolute Gasteiger partial charge is 0.251 e. The van der Waals surface area contributed by atoms with Crippen molar-refractivity contribution in [2.75, 3.05) is 13.1 Å². The Labute approximate surface area is 221 Å². The van der Waals surface area contributed by atoms with Crippen LogP contribution in [0.5, 0.6) is 0 Å². The second-order valence-corrected chi connectivity index (χ2v) is 13.3. The van der Waals surface area contributed by atoms with Crippen molar-refractivity contribution < 1.29 is 18.0 Å². The molecule has 0 aromatic heterocycles. The monoisotopic (exact) mass is 525 g/mol. The first-order valence-electron chi connectivity index (χ1n) is 13.3. The molecule has 8 heteroatoms. The van der Waals surface area contributed by atoms with Crippen LogP contribution in [0, 0.1) is 5.92 Å². The number of carbonyl (C=O) groups is 2. The minimum atomic E-state index is -3.68. The van der Waals surface area contributed by atoms with E-state index in [0.29, 0.717) is 24.9 Å². The molecule has 0 radical (unpaired) electrons. The second kappa shape index (κ2) is 11.4. The van der Waals surface area contributed by atoms with Gasteiger partial charge in [-0.05, 0) is 60.9 Å². The average Bonchev–Trinajstić information content (AvgIpc) is 2.90. The van der Waals surface area contributed by atoms with E-state index in [1.807, 2.05) is 30.3 Å². The van der Waals surface area contributed by atoms with Gasteiger partial charge < -0.3 is 10.6 Å². The number of amides is 2. The quantitative estimate of drug-likeness (QED) is 0.590. The van der Waals surface area contributed by atoms with Gasteiger partial charge in [-0.15, -0.1) is 0 Å². The van der Waals surface area contributed by atoms with E-state index in [-0.39, 0.29) is 40.8 Å². The van der Waals surface area contributed by atoms with Gasteiger partial charge in [-0.25, -0.2) is 8.42 Å². The van der Waals surface area contributed by atoms with Crippen LogP contribution < -0.4 is 10.6 Å². The highest BCUT2D eigenvalue weighted by Crippen LogP contribution is 2.28. The van der Waals surface area contributed by atoms with Crippen molar-refractivity contribution >= 4 is 21.8 Å². The van der Waals surface area contributed by atoms with E-state index in [2.05, 4.69) is 31.4 Å². The maximum absolute atomic E-state index is 13.4. The molecule has 1 saturated carbocycles. The third kappa shape index (κ3) is 6.60. The summed E-state index contributed by atoms with van der Waals surface area (Å²) in [5.41, 5.74) is 1.61. The Morgan fingerprint density at radius 1 is 0.838 bits per heavy atom. The fourth-order valence-electron chi connectivity index (χ4n) is 5.27. The van der Waals surface area contributed by atoms with E-state index in [0.717, 1.165) is 31.2 Å². The van der Waals surface area contributed by atoms with E-state index in [1.165, 1.54) is 4.31 Å². The van der Waals surface area contributed by atoms with Gasteiger partial charge in [0.15, 0.2) is 0 Å². The van der Waals surface area contributed by atoms with Crippen molar-refractivity contribution in [3.63, 3.8) is 0 Å². The Bertz CT molecular complexity index is 1190. The lowest BCUT2D eigenvalue weighted by atomic mass is 9.87. The number of rotatable bonds is 6. The normalized spacial score (nSPS) is 23.3. The van der Waals surface area contributed by atoms with E-state index in [1.54, 1.807) is 24.3 Å². The minimum absolute atomic E-state index is 0.0614. The van der Waals surface area contributed by atoms with Crippen LogP contribution in [0.1, 0.15) is 75.2 Å². The van der Waals surface area contributed by atoms with Crippen LogP contribution in [0.4, 0.5) is 0 Å². The average molecular weight is 526 g/mol. The zero-order chi connectivity index (χ0) is 26.6. The maximum atomic E-state index is 13.4. The van der Waals surface area contributed by atoms with Crippen LogP contribution >= 0.6 is 0 Å². The van der Waals surface area contributed by atoms with Crippen molar-refractivity contribution in [2.45, 2.75) is 81.7 Å². The van der Waals surface area contributed by atoms with Crippen molar-refractivity contribution in [1.82, 2.24) is 14.9 Å². The molecule has 4 rings (SSSR count). The molecule has 1 aliphatic carbocycles. The highest BCUT2D eigenvalue weighted by Gasteiger charge is 2.36. The molecule has 2 N–H and O–H groups in total. The first-order valence-corrected chi connectivity index (χ1v) is 14.8. The summed E-state index contributed by atoms with van der Waals surface area (Å²) >= 11 is 0. The van der Waals surface area contributed by atoms with Crippen LogP contribution in [0.25, 0.3) is 0 Å². The van der Waals surface area contributed by atoms with E-state index >= 15 is 0 Å². The van der Waals surface area contributed by atoms with E-state index in [9.17, 15) is 18.0 Å². The highest BCUT2D eigenvalue weighted by atomic mass is 32.2. The van der Waals surface area contributed by atoms with E-state index < -0.39 is 15.9 Å². The lowest BCUT2D eigenvalue weighted by Gasteiger charge is -2.36. The number of nitrogens with one attached hydrogen (secondary N) is 2. The number of piperidine rings is 1. The molecule has 7 nitrogen and oxygen atoms in total. The molecule has 2 amide bonds. The predicted molar refractivity (Wildman–Crippen MR) is 145 cm³/mol. The second-order valence-electron chi connectivity index (χ2n) is 11.3. The van der Waals surface area contributed by atoms with Gasteiger partial charge in [-0.2, -0.15) is 4.31 Å². The van der Waals surface area contributed by atoms with Crippen molar-refractivity contribution in [1.29, 1.82) is 0 Å². The SMILES string of the molecule is CC(C)(C)c1ccc(S(=O)(=O)N2CCC[C@H](C(=O)N[C@@H]3CCCC[C@H]3NC(=O)c3ccccc3)C2)cc1. The summed E-state index contributed by atoms with van der Waals surface area (Å²) in [7, 11) is -3.68. The minimum Gasteiger partial charge on any atom is -0.351 e. The lowest BCUT2D eigenvalue weighted by molar-refractivity contribution is -0.127. The number of carbonyl (C=O) groups excluding carboxylic acids is 2. The van der Waals surface area contributed by atoms with Crippen molar-refractivity contribution in [3.05, 3.63) is 65.7 Å². The van der Waals surface area contributed by atoms with Gasteiger partial charge in [0, 0.05) is 30.7 Å². The molecular formula is C29H39N3O4S. The third-order valence-electron chi connectivity index (χ3n) is 7.56. The Balaban J connectivity index is 1.40. The van der Waals surface area contributed by atoms with Gasteiger partial charge in [0.05, 0.1) is 10.8 Å². The molecule has 2 fully saturated rings. The van der Waals surface area contributed by atoms with Gasteiger partial charge in [-0.3, -0.25) is 9.59 Å². The molecule has 0 spiro atoms. The third-order valence-corrected chi connectivity index (χ3v) is 9.44. The van der Waals surface area contributed by atoms with E-state index in [4.69, 9.17) is 0 Å². The molecule has 2 aromatic carbocycles. The predicted octanol–water partition coefficient (Wildman–Crippen LogP) is 4.24. The van der Waals surface area contributed by atoms with Crippen LogP contribution in [-0.4, -0.2) is 49.7 Å². The van der Waals surface area contributed by atoms with Gasteiger partial charge >= 0.3 is 0 Å². The Morgan fingerprint density at radius 2 is 1.46 bits per heavy atom. The summed E-state index contributed by atoms with van der Waals surface area (Å²) in [4.78, 5) is 26.3. The fourth-order valence-corrected chi connectivity index (χ4v) is 6.79. The summed E-state index contributed by atoms with van der Waals surface area (Å²) in [6.07, 6.45) is 4.86. The summed E-state index contributed by atoms with van der Waals surface area (Å²) in [5.74, 6) is -0.683. The Hall–Kier alpha value is -2.71. The zero-order valence-corrected chi connectivity index (χ0v) is 22.9. The van der Waals surface area contributed by atoms with Crippen LogP contribution in [-0.2, 0) is 20.2 Å². The van der Waals surface area contributed by atoms with Gasteiger partial charge in [0.2, 0.25) is 15.9 Å². The van der Waals surface area contributed by atoms with Crippen LogP contribution in [0.3, 0.4) is 0 Å². The van der Waals surface area contributed by atoms with Crippen molar-refractivity contribution in [2.24, 2.45) is 5.92 Å². The highest BCUT2D eigenvalue weighted by molar-refractivity contribution is 7.89. The molecule has 0 bridgehead atoms. The molecule has 0 unspecified atom stereocenters. The first-order chi connectivity index (χ1) is 17.6. The molecule has 1 aliphatic heterocycles. The topological polar surface area (TPSA) is 95.6 Å². The molecular weight excluding hydrogens is 486 g/mol.